The molecule has 4 aromatic rings. The van der Waals surface area contributed by atoms with Crippen molar-refractivity contribution in [1.29, 1.82) is 0 Å². The zero-order valence-electron chi connectivity index (χ0n) is 16.2. The van der Waals surface area contributed by atoms with Crippen molar-refractivity contribution in [3.63, 3.8) is 0 Å². The summed E-state index contributed by atoms with van der Waals surface area (Å²) in [7, 11) is 2.71. The van der Waals surface area contributed by atoms with E-state index in [1.54, 1.807) is 24.3 Å². The Morgan fingerprint density at radius 1 is 0.724 bits per heavy atom. The number of furan rings is 2. The van der Waals surface area contributed by atoms with Crippen LogP contribution in [-0.4, -0.2) is 26.2 Å². The largest absolute Gasteiger partial charge is 0.465 e. The van der Waals surface area contributed by atoms with E-state index in [4.69, 9.17) is 18.3 Å². The van der Waals surface area contributed by atoms with E-state index >= 15 is 0 Å². The van der Waals surface area contributed by atoms with Gasteiger partial charge in [-0.2, -0.15) is 0 Å². The minimum Gasteiger partial charge on any atom is -0.465 e. The molecule has 0 amide bonds. The van der Waals surface area contributed by atoms with E-state index in [1.165, 1.54) is 14.2 Å². The Bertz CT molecular complexity index is 1100. The second kappa shape index (κ2) is 7.83. The third-order valence-corrected chi connectivity index (χ3v) is 4.83. The minimum absolute atomic E-state index is 0.384. The Balaban J connectivity index is 1.43. The summed E-state index contributed by atoms with van der Waals surface area (Å²) in [6.45, 7) is 0. The number of hydrogen-bond donors (Lipinski definition) is 0. The first kappa shape index (κ1) is 18.8. The normalized spacial score (nSPS) is 11.1. The van der Waals surface area contributed by atoms with Gasteiger partial charge in [-0.05, 0) is 42.8 Å². The molecule has 29 heavy (non-hydrogen) atoms. The summed E-state index contributed by atoms with van der Waals surface area (Å²) < 4.78 is 21.2. The number of hydrogen-bond acceptors (Lipinski definition) is 6. The van der Waals surface area contributed by atoms with E-state index in [0.29, 0.717) is 22.3 Å². The third-order valence-electron chi connectivity index (χ3n) is 4.83. The average Bonchev–Trinajstić information content (AvgIpc) is 3.34. The molecular formula is C23H20O6. The Morgan fingerprint density at radius 3 is 1.59 bits per heavy atom. The topological polar surface area (TPSA) is 78.9 Å². The van der Waals surface area contributed by atoms with Gasteiger partial charge in [-0.1, -0.05) is 12.1 Å². The van der Waals surface area contributed by atoms with Crippen molar-refractivity contribution < 1.29 is 27.9 Å². The van der Waals surface area contributed by atoms with E-state index in [2.05, 4.69) is 0 Å². The Kier molecular flexibility index (Phi) is 5.08. The van der Waals surface area contributed by atoms with Crippen LogP contribution in [0.5, 0.6) is 0 Å². The molecule has 6 nitrogen and oxygen atoms in total. The molecule has 148 valence electrons. The van der Waals surface area contributed by atoms with Crippen molar-refractivity contribution in [1.82, 2.24) is 0 Å². The fraction of sp³-hybridized carbons (Fsp3) is 0.217. The summed E-state index contributed by atoms with van der Waals surface area (Å²) in [5.41, 5.74) is 2.27. The van der Waals surface area contributed by atoms with Crippen molar-refractivity contribution in [2.75, 3.05) is 14.2 Å². The highest BCUT2D eigenvalue weighted by molar-refractivity contribution is 5.94. The maximum absolute atomic E-state index is 11.6. The zero-order chi connectivity index (χ0) is 20.4. The number of esters is 2. The fourth-order valence-corrected chi connectivity index (χ4v) is 3.35. The van der Waals surface area contributed by atoms with E-state index in [9.17, 15) is 9.59 Å². The second-order valence-electron chi connectivity index (χ2n) is 6.77. The summed E-state index contributed by atoms with van der Waals surface area (Å²) >= 11 is 0. The third kappa shape index (κ3) is 3.87. The summed E-state index contributed by atoms with van der Waals surface area (Å²) in [6, 6.07) is 14.5. The summed E-state index contributed by atoms with van der Waals surface area (Å²) in [4.78, 5) is 23.3. The molecule has 2 heterocycles. The van der Waals surface area contributed by atoms with Crippen LogP contribution in [0.3, 0.4) is 0 Å². The lowest BCUT2D eigenvalue weighted by Gasteiger charge is -1.98. The number of benzene rings is 2. The molecule has 0 saturated heterocycles. The number of aryl methyl sites for hydroxylation is 2. The molecule has 0 spiro atoms. The molecule has 0 fully saturated rings. The van der Waals surface area contributed by atoms with Gasteiger partial charge in [0.2, 0.25) is 0 Å². The number of methoxy groups -OCH3 is 2. The van der Waals surface area contributed by atoms with Crippen molar-refractivity contribution in [2.24, 2.45) is 0 Å². The standard InChI is InChI=1S/C23H20O6/c1-26-22(24)16-8-6-14-10-18(28-20(14)12-16)4-3-5-19-11-15-7-9-17(23(25)27-2)13-21(15)29-19/h6-13H,3-5H2,1-2H3. The summed E-state index contributed by atoms with van der Waals surface area (Å²) in [5, 5.41) is 1.90. The molecule has 0 bridgehead atoms. The first-order valence-electron chi connectivity index (χ1n) is 9.29. The summed E-state index contributed by atoms with van der Waals surface area (Å²) in [6.07, 6.45) is 2.33. The molecular weight excluding hydrogens is 372 g/mol. The van der Waals surface area contributed by atoms with Gasteiger partial charge in [0.15, 0.2) is 0 Å². The lowest BCUT2D eigenvalue weighted by atomic mass is 10.1. The lowest BCUT2D eigenvalue weighted by Crippen LogP contribution is -1.99. The lowest BCUT2D eigenvalue weighted by molar-refractivity contribution is 0.0592. The van der Waals surface area contributed by atoms with Gasteiger partial charge in [0.05, 0.1) is 25.3 Å². The molecule has 2 aromatic carbocycles. The molecule has 0 saturated carbocycles. The van der Waals surface area contributed by atoms with Crippen LogP contribution in [0.4, 0.5) is 0 Å². The SMILES string of the molecule is COC(=O)c1ccc2cc(CCCc3cc4ccc(C(=O)OC)cc4o3)oc2c1. The molecule has 2 aromatic heterocycles. The Hall–Kier alpha value is -3.54. The highest BCUT2D eigenvalue weighted by atomic mass is 16.5. The molecule has 0 aliphatic heterocycles. The second-order valence-corrected chi connectivity index (χ2v) is 6.77. The number of carbonyl (C=O) groups is 2. The van der Waals surface area contributed by atoms with Crippen LogP contribution in [0.15, 0.2) is 57.4 Å². The van der Waals surface area contributed by atoms with Crippen molar-refractivity contribution in [3.8, 4) is 0 Å². The number of fused-ring (bicyclic) bond motifs is 2. The van der Waals surface area contributed by atoms with Gasteiger partial charge in [0.1, 0.15) is 22.7 Å². The average molecular weight is 392 g/mol. The number of ether oxygens (including phenoxy) is 2. The Morgan fingerprint density at radius 2 is 1.17 bits per heavy atom. The van der Waals surface area contributed by atoms with Gasteiger partial charge >= 0.3 is 11.9 Å². The van der Waals surface area contributed by atoms with Crippen LogP contribution in [0.25, 0.3) is 21.9 Å². The van der Waals surface area contributed by atoms with Crippen LogP contribution in [0, 0.1) is 0 Å². The molecule has 0 N–H and O–H groups in total. The molecule has 0 atom stereocenters. The predicted molar refractivity (Wildman–Crippen MR) is 107 cm³/mol. The number of rotatable bonds is 6. The maximum Gasteiger partial charge on any atom is 0.337 e. The van der Waals surface area contributed by atoms with E-state index in [0.717, 1.165) is 41.6 Å². The van der Waals surface area contributed by atoms with Gasteiger partial charge in [0, 0.05) is 23.6 Å². The Labute approximate surface area is 167 Å². The molecule has 0 unspecified atom stereocenters. The monoisotopic (exact) mass is 392 g/mol. The van der Waals surface area contributed by atoms with Gasteiger partial charge in [0.25, 0.3) is 0 Å². The van der Waals surface area contributed by atoms with E-state index in [1.807, 2.05) is 24.3 Å². The van der Waals surface area contributed by atoms with Crippen LogP contribution in [0.2, 0.25) is 0 Å². The minimum atomic E-state index is -0.384. The molecule has 6 heteroatoms. The molecule has 0 aliphatic carbocycles. The smallest absolute Gasteiger partial charge is 0.337 e. The number of carbonyl (C=O) groups excluding carboxylic acids is 2. The molecule has 4 rings (SSSR count). The van der Waals surface area contributed by atoms with Gasteiger partial charge < -0.3 is 18.3 Å². The highest BCUT2D eigenvalue weighted by Gasteiger charge is 2.12. The molecule has 0 radical (unpaired) electrons. The van der Waals surface area contributed by atoms with Crippen molar-refractivity contribution in [3.05, 3.63) is 71.2 Å². The van der Waals surface area contributed by atoms with E-state index < -0.39 is 0 Å². The summed E-state index contributed by atoms with van der Waals surface area (Å²) in [5.74, 6) is 0.937. The van der Waals surface area contributed by atoms with Crippen LogP contribution in [0.1, 0.15) is 38.7 Å². The van der Waals surface area contributed by atoms with Gasteiger partial charge in [-0.15, -0.1) is 0 Å². The van der Waals surface area contributed by atoms with Crippen molar-refractivity contribution in [2.45, 2.75) is 19.3 Å². The van der Waals surface area contributed by atoms with Crippen LogP contribution >= 0.6 is 0 Å². The fourth-order valence-electron chi connectivity index (χ4n) is 3.35. The maximum atomic E-state index is 11.6. The highest BCUT2D eigenvalue weighted by Crippen LogP contribution is 2.25. The van der Waals surface area contributed by atoms with Gasteiger partial charge in [-0.3, -0.25) is 0 Å². The van der Waals surface area contributed by atoms with E-state index in [-0.39, 0.29) is 11.9 Å². The van der Waals surface area contributed by atoms with Crippen molar-refractivity contribution >= 4 is 33.9 Å². The molecule has 0 aliphatic rings. The zero-order valence-corrected chi connectivity index (χ0v) is 16.2. The quantitative estimate of drug-likeness (QED) is 0.433. The first-order chi connectivity index (χ1) is 14.1. The van der Waals surface area contributed by atoms with Gasteiger partial charge in [-0.25, -0.2) is 9.59 Å². The predicted octanol–water partition coefficient (Wildman–Crippen LogP) is 4.93. The van der Waals surface area contributed by atoms with Crippen LogP contribution < -0.4 is 0 Å². The first-order valence-corrected chi connectivity index (χ1v) is 9.29. The van der Waals surface area contributed by atoms with Crippen LogP contribution in [-0.2, 0) is 22.3 Å².